The molecule has 0 spiro atoms. The van der Waals surface area contributed by atoms with Crippen molar-refractivity contribution in [2.75, 3.05) is 6.54 Å². The number of para-hydroxylation sites is 1. The van der Waals surface area contributed by atoms with Gasteiger partial charge in [-0.2, -0.15) is 0 Å². The van der Waals surface area contributed by atoms with Crippen LogP contribution in [0.15, 0.2) is 48.7 Å². The fraction of sp³-hybridized carbons (Fsp3) is 0.389. The molecule has 3 nitrogen and oxygen atoms in total. The number of nitrogens with zero attached hydrogens (tertiary/aromatic N) is 1. The van der Waals surface area contributed by atoms with Crippen molar-refractivity contribution in [1.29, 1.82) is 0 Å². The molecule has 3 heteroatoms. The second kappa shape index (κ2) is 6.37. The molecule has 1 aliphatic heterocycles. The average Bonchev–Trinajstić information content (AvgIpc) is 2.54. The van der Waals surface area contributed by atoms with Crippen molar-refractivity contribution in [3.05, 3.63) is 54.2 Å². The van der Waals surface area contributed by atoms with Crippen molar-refractivity contribution in [2.24, 2.45) is 5.92 Å². The van der Waals surface area contributed by atoms with Gasteiger partial charge in [0.2, 0.25) is 0 Å². The Bertz CT molecular complexity index is 633. The molecule has 0 radical (unpaired) electrons. The molecular formula is C18H22N2O. The van der Waals surface area contributed by atoms with E-state index >= 15 is 0 Å². The van der Waals surface area contributed by atoms with Gasteiger partial charge in [0.05, 0.1) is 11.6 Å². The molecule has 0 amide bonds. The van der Waals surface area contributed by atoms with Gasteiger partial charge in [0.1, 0.15) is 0 Å². The van der Waals surface area contributed by atoms with Crippen molar-refractivity contribution in [2.45, 2.75) is 31.9 Å². The Morgan fingerprint density at radius 1 is 1.33 bits per heavy atom. The Hall–Kier alpha value is -1.71. The van der Waals surface area contributed by atoms with Crippen molar-refractivity contribution >= 4 is 10.9 Å². The molecule has 1 saturated heterocycles. The zero-order valence-corrected chi connectivity index (χ0v) is 12.4. The molecule has 2 heterocycles. The maximum absolute atomic E-state index is 10.8. The van der Waals surface area contributed by atoms with Crippen LogP contribution in [0.5, 0.6) is 0 Å². The van der Waals surface area contributed by atoms with Gasteiger partial charge in [0.25, 0.3) is 0 Å². The molecule has 3 rings (SSSR count). The van der Waals surface area contributed by atoms with Gasteiger partial charge in [-0.15, -0.1) is 0 Å². The third kappa shape index (κ3) is 2.99. The van der Waals surface area contributed by atoms with E-state index in [-0.39, 0.29) is 6.04 Å². The van der Waals surface area contributed by atoms with Crippen LogP contribution in [0.1, 0.15) is 31.4 Å². The van der Waals surface area contributed by atoms with Crippen LogP contribution in [0.25, 0.3) is 10.9 Å². The minimum Gasteiger partial charge on any atom is -0.387 e. The third-order valence-electron chi connectivity index (χ3n) is 4.33. The topological polar surface area (TPSA) is 45.1 Å². The number of aliphatic hydroxyl groups excluding tert-OH is 1. The van der Waals surface area contributed by atoms with Crippen LogP contribution in [0.3, 0.4) is 0 Å². The second-order valence-electron chi connectivity index (χ2n) is 5.73. The van der Waals surface area contributed by atoms with Gasteiger partial charge in [-0.05, 0) is 49.9 Å². The fourth-order valence-corrected chi connectivity index (χ4v) is 3.26. The molecule has 2 N–H and O–H groups in total. The summed E-state index contributed by atoms with van der Waals surface area (Å²) in [5, 5.41) is 15.3. The van der Waals surface area contributed by atoms with Crippen molar-refractivity contribution in [3.8, 4) is 0 Å². The van der Waals surface area contributed by atoms with E-state index < -0.39 is 6.10 Å². The predicted octanol–water partition coefficient (Wildman–Crippen LogP) is 3.21. The van der Waals surface area contributed by atoms with E-state index in [0.717, 1.165) is 35.9 Å². The number of allylic oxidation sites excluding steroid dienone is 2. The molecular weight excluding hydrogens is 260 g/mol. The lowest BCUT2D eigenvalue weighted by Gasteiger charge is -2.32. The maximum atomic E-state index is 10.8. The lowest BCUT2D eigenvalue weighted by atomic mass is 9.86. The number of hydrogen-bond acceptors (Lipinski definition) is 3. The molecule has 0 aliphatic carbocycles. The van der Waals surface area contributed by atoms with Gasteiger partial charge in [-0.3, -0.25) is 4.98 Å². The minimum atomic E-state index is -0.494. The summed E-state index contributed by atoms with van der Waals surface area (Å²) in [6, 6.07) is 10.0. The molecule has 0 unspecified atom stereocenters. The quantitative estimate of drug-likeness (QED) is 0.850. The molecule has 0 bridgehead atoms. The highest BCUT2D eigenvalue weighted by atomic mass is 16.3. The number of fused-ring (bicyclic) bond motifs is 1. The Labute approximate surface area is 125 Å². The van der Waals surface area contributed by atoms with Crippen molar-refractivity contribution in [1.82, 2.24) is 10.3 Å². The molecule has 3 atom stereocenters. The first-order valence-corrected chi connectivity index (χ1v) is 7.67. The molecule has 1 fully saturated rings. The van der Waals surface area contributed by atoms with E-state index in [1.54, 1.807) is 6.20 Å². The number of benzene rings is 1. The van der Waals surface area contributed by atoms with Crippen LogP contribution in [-0.4, -0.2) is 22.7 Å². The summed E-state index contributed by atoms with van der Waals surface area (Å²) >= 11 is 0. The van der Waals surface area contributed by atoms with E-state index in [9.17, 15) is 5.11 Å². The highest BCUT2D eigenvalue weighted by Crippen LogP contribution is 2.30. The molecule has 110 valence electrons. The highest BCUT2D eigenvalue weighted by Gasteiger charge is 2.27. The van der Waals surface area contributed by atoms with Crippen molar-refractivity contribution < 1.29 is 5.11 Å². The van der Waals surface area contributed by atoms with Crippen LogP contribution < -0.4 is 5.32 Å². The van der Waals surface area contributed by atoms with Gasteiger partial charge in [-0.1, -0.05) is 30.4 Å². The largest absolute Gasteiger partial charge is 0.387 e. The number of rotatable bonds is 3. The number of nitrogens with one attached hydrogen (secondary N) is 1. The molecule has 1 aromatic carbocycles. The lowest BCUT2D eigenvalue weighted by Crippen LogP contribution is -2.41. The van der Waals surface area contributed by atoms with Gasteiger partial charge in [0.15, 0.2) is 0 Å². The number of piperidine rings is 1. The van der Waals surface area contributed by atoms with Crippen LogP contribution >= 0.6 is 0 Å². The molecule has 21 heavy (non-hydrogen) atoms. The first-order valence-electron chi connectivity index (χ1n) is 7.67. The van der Waals surface area contributed by atoms with Crippen LogP contribution in [0.2, 0.25) is 0 Å². The highest BCUT2D eigenvalue weighted by molar-refractivity contribution is 5.82. The number of aliphatic hydroxyl groups is 1. The average molecular weight is 282 g/mol. The monoisotopic (exact) mass is 282 g/mol. The smallest absolute Gasteiger partial charge is 0.0950 e. The SMILES string of the molecule is C/C=C\[C@H]1CCN[C@@H]([C@@H](O)c2ccnc3ccccc23)C1. The Kier molecular flexibility index (Phi) is 4.32. The lowest BCUT2D eigenvalue weighted by molar-refractivity contribution is 0.106. The van der Waals surface area contributed by atoms with E-state index in [4.69, 9.17) is 0 Å². The van der Waals surface area contributed by atoms with Crippen molar-refractivity contribution in [3.63, 3.8) is 0 Å². The first-order chi connectivity index (χ1) is 10.3. The Balaban J connectivity index is 1.88. The summed E-state index contributed by atoms with van der Waals surface area (Å²) in [5.41, 5.74) is 1.91. The normalized spacial score (nSPS) is 24.5. The van der Waals surface area contributed by atoms with Gasteiger partial charge < -0.3 is 10.4 Å². The van der Waals surface area contributed by atoms with Crippen LogP contribution in [-0.2, 0) is 0 Å². The summed E-state index contributed by atoms with van der Waals surface area (Å²) in [4.78, 5) is 4.37. The fourth-order valence-electron chi connectivity index (χ4n) is 3.26. The van der Waals surface area contributed by atoms with Gasteiger partial charge >= 0.3 is 0 Å². The van der Waals surface area contributed by atoms with E-state index in [0.29, 0.717) is 5.92 Å². The Morgan fingerprint density at radius 2 is 2.19 bits per heavy atom. The summed E-state index contributed by atoms with van der Waals surface area (Å²) in [6.45, 7) is 3.02. The van der Waals surface area contributed by atoms with E-state index in [1.165, 1.54) is 0 Å². The molecule has 2 aromatic rings. The Morgan fingerprint density at radius 3 is 3.05 bits per heavy atom. The van der Waals surface area contributed by atoms with E-state index in [1.807, 2.05) is 30.3 Å². The number of pyridine rings is 1. The zero-order chi connectivity index (χ0) is 14.7. The molecule has 0 saturated carbocycles. The number of aromatic nitrogens is 1. The summed E-state index contributed by atoms with van der Waals surface area (Å²) in [7, 11) is 0. The zero-order valence-electron chi connectivity index (χ0n) is 12.4. The van der Waals surface area contributed by atoms with E-state index in [2.05, 4.69) is 29.4 Å². The summed E-state index contributed by atoms with van der Waals surface area (Å²) in [5.74, 6) is 0.559. The molecule has 1 aromatic heterocycles. The van der Waals surface area contributed by atoms with Crippen LogP contribution in [0.4, 0.5) is 0 Å². The second-order valence-corrected chi connectivity index (χ2v) is 5.73. The predicted molar refractivity (Wildman–Crippen MR) is 86.0 cm³/mol. The standard InChI is InChI=1S/C18H22N2O/c1-2-5-13-8-10-20-17(12-13)18(21)15-9-11-19-16-7-4-3-6-14(15)16/h2-7,9,11,13,17-18,20-21H,8,10,12H2,1H3/b5-2-/t13-,17+,18-/m0/s1. The summed E-state index contributed by atoms with van der Waals surface area (Å²) < 4.78 is 0. The minimum absolute atomic E-state index is 0.103. The number of hydrogen-bond donors (Lipinski definition) is 2. The molecule has 1 aliphatic rings. The maximum Gasteiger partial charge on any atom is 0.0950 e. The summed E-state index contributed by atoms with van der Waals surface area (Å²) in [6.07, 6.45) is 7.78. The van der Waals surface area contributed by atoms with Gasteiger partial charge in [0, 0.05) is 17.6 Å². The first kappa shape index (κ1) is 14.2. The third-order valence-corrected chi connectivity index (χ3v) is 4.33. The van der Waals surface area contributed by atoms with Crippen LogP contribution in [0, 0.1) is 5.92 Å². The van der Waals surface area contributed by atoms with Gasteiger partial charge in [-0.25, -0.2) is 0 Å².